The van der Waals surface area contributed by atoms with Crippen molar-refractivity contribution in [1.29, 1.82) is 0 Å². The van der Waals surface area contributed by atoms with Gasteiger partial charge in [0.2, 0.25) is 9.84 Å². The average Bonchev–Trinajstić information content (AvgIpc) is 3.12. The zero-order valence-electron chi connectivity index (χ0n) is 16.9. The summed E-state index contributed by atoms with van der Waals surface area (Å²) < 4.78 is 52.4. The molecule has 9 heteroatoms. The van der Waals surface area contributed by atoms with Crippen molar-refractivity contribution in [3.63, 3.8) is 0 Å². The number of hydrazine groups is 1. The van der Waals surface area contributed by atoms with Crippen molar-refractivity contribution in [3.05, 3.63) is 83.9 Å². The van der Waals surface area contributed by atoms with Gasteiger partial charge in [-0.3, -0.25) is 5.43 Å². The van der Waals surface area contributed by atoms with Crippen LogP contribution in [-0.2, 0) is 19.9 Å². The number of fused-ring (bicyclic) bond motifs is 1. The number of aromatic nitrogens is 1. The van der Waals surface area contributed by atoms with Gasteiger partial charge in [-0.2, -0.15) is 0 Å². The normalized spacial score (nSPS) is 12.2. The van der Waals surface area contributed by atoms with Crippen molar-refractivity contribution in [2.75, 3.05) is 5.43 Å². The summed E-state index contributed by atoms with van der Waals surface area (Å²) in [6, 6.07) is 19.9. The molecule has 160 valence electrons. The van der Waals surface area contributed by atoms with Gasteiger partial charge in [0.1, 0.15) is 10.7 Å². The number of hydrogen-bond donors (Lipinski definition) is 3. The summed E-state index contributed by atoms with van der Waals surface area (Å²) in [5.74, 6) is 0.0407. The summed E-state index contributed by atoms with van der Waals surface area (Å²) in [5.41, 5.74) is 4.73. The number of hydrogen-bond acceptors (Lipinski definition) is 5. The minimum Gasteiger partial charge on any atom is -0.339 e. The molecule has 31 heavy (non-hydrogen) atoms. The van der Waals surface area contributed by atoms with E-state index in [1.54, 1.807) is 55.5 Å². The van der Waals surface area contributed by atoms with E-state index in [0.717, 1.165) is 11.1 Å². The highest BCUT2D eigenvalue weighted by atomic mass is 32.2. The maximum Gasteiger partial charge on any atom is 0.257 e. The van der Waals surface area contributed by atoms with Crippen LogP contribution in [0.5, 0.6) is 0 Å². The molecule has 1 aromatic heterocycles. The third-order valence-electron chi connectivity index (χ3n) is 4.84. The standard InChI is InChI=1S/C22H21N3O4S2/c1-15-7-5-9-17(13-15)30(26,27)21-19-11-3-4-12-20(19)23-22(21)24-25-31(28,29)18-10-6-8-16(2)14-18/h3-14,23-25H,1-2H3. The number of para-hydroxylation sites is 1. The van der Waals surface area contributed by atoms with Crippen molar-refractivity contribution in [2.24, 2.45) is 0 Å². The van der Waals surface area contributed by atoms with E-state index in [1.807, 2.05) is 13.0 Å². The number of sulfone groups is 1. The maximum absolute atomic E-state index is 13.5. The lowest BCUT2D eigenvalue weighted by Crippen LogP contribution is -2.30. The first-order valence-corrected chi connectivity index (χ1v) is 12.4. The SMILES string of the molecule is Cc1cccc(S(=O)(=O)NNc2[nH]c3ccccc3c2S(=O)(=O)c2cccc(C)c2)c1. The van der Waals surface area contributed by atoms with E-state index in [1.165, 1.54) is 18.2 Å². The molecule has 0 fully saturated rings. The van der Waals surface area contributed by atoms with Crippen LogP contribution in [0.15, 0.2) is 87.5 Å². The van der Waals surface area contributed by atoms with Crippen molar-refractivity contribution in [2.45, 2.75) is 28.5 Å². The third-order valence-corrected chi connectivity index (χ3v) is 7.92. The number of H-pyrrole nitrogens is 1. The van der Waals surface area contributed by atoms with Gasteiger partial charge in [0, 0.05) is 10.9 Å². The molecule has 0 bridgehead atoms. The number of anilines is 1. The predicted molar refractivity (Wildman–Crippen MR) is 120 cm³/mol. The zero-order valence-corrected chi connectivity index (χ0v) is 18.5. The highest BCUT2D eigenvalue weighted by Crippen LogP contribution is 2.34. The Balaban J connectivity index is 1.79. The number of nitrogens with one attached hydrogen (secondary N) is 3. The van der Waals surface area contributed by atoms with Crippen LogP contribution in [0.3, 0.4) is 0 Å². The minimum atomic E-state index is -3.94. The van der Waals surface area contributed by atoms with Crippen LogP contribution >= 0.6 is 0 Å². The molecule has 4 aromatic rings. The van der Waals surface area contributed by atoms with Crippen molar-refractivity contribution < 1.29 is 16.8 Å². The molecule has 0 radical (unpaired) electrons. The fourth-order valence-corrected chi connectivity index (χ4v) is 5.97. The van der Waals surface area contributed by atoms with Crippen LogP contribution in [0.4, 0.5) is 5.82 Å². The van der Waals surface area contributed by atoms with Gasteiger partial charge in [0.15, 0.2) is 0 Å². The molecule has 3 N–H and O–H groups in total. The second kappa shape index (κ2) is 7.84. The Morgan fingerprint density at radius 2 is 1.35 bits per heavy atom. The van der Waals surface area contributed by atoms with Gasteiger partial charge in [-0.05, 0) is 55.3 Å². The molecule has 1 heterocycles. The topological polar surface area (TPSA) is 108 Å². The van der Waals surface area contributed by atoms with Gasteiger partial charge in [0.25, 0.3) is 10.0 Å². The number of aromatic amines is 1. The zero-order chi connectivity index (χ0) is 22.2. The van der Waals surface area contributed by atoms with E-state index >= 15 is 0 Å². The number of benzene rings is 3. The van der Waals surface area contributed by atoms with E-state index in [9.17, 15) is 16.8 Å². The van der Waals surface area contributed by atoms with Gasteiger partial charge in [-0.1, -0.05) is 42.5 Å². The molecule has 0 saturated heterocycles. The Bertz CT molecular complexity index is 1490. The fraction of sp³-hybridized carbons (Fsp3) is 0.0909. The molecule has 0 atom stereocenters. The van der Waals surface area contributed by atoms with Gasteiger partial charge in [-0.25, -0.2) is 16.8 Å². The van der Waals surface area contributed by atoms with E-state index in [4.69, 9.17) is 0 Å². The van der Waals surface area contributed by atoms with Crippen molar-refractivity contribution in [3.8, 4) is 0 Å². The summed E-state index contributed by atoms with van der Waals surface area (Å²) in [6.07, 6.45) is 0. The largest absolute Gasteiger partial charge is 0.339 e. The molecule has 0 spiro atoms. The number of sulfonamides is 1. The lowest BCUT2D eigenvalue weighted by Gasteiger charge is -2.12. The van der Waals surface area contributed by atoms with E-state index in [2.05, 4.69) is 15.2 Å². The molecule has 3 aromatic carbocycles. The van der Waals surface area contributed by atoms with E-state index in [0.29, 0.717) is 10.9 Å². The van der Waals surface area contributed by atoms with Crippen LogP contribution in [0.1, 0.15) is 11.1 Å². The summed E-state index contributed by atoms with van der Waals surface area (Å²) >= 11 is 0. The van der Waals surface area contributed by atoms with Crippen molar-refractivity contribution in [1.82, 2.24) is 9.82 Å². The van der Waals surface area contributed by atoms with Crippen LogP contribution in [0.25, 0.3) is 10.9 Å². The molecule has 0 aliphatic carbocycles. The first-order chi connectivity index (χ1) is 14.7. The lowest BCUT2D eigenvalue weighted by atomic mass is 10.2. The third kappa shape index (κ3) is 4.07. The van der Waals surface area contributed by atoms with Gasteiger partial charge < -0.3 is 4.98 Å². The molecule has 0 aliphatic rings. The molecular weight excluding hydrogens is 434 g/mol. The number of rotatable bonds is 6. The Morgan fingerprint density at radius 3 is 2.03 bits per heavy atom. The molecule has 0 unspecified atom stereocenters. The molecule has 0 saturated carbocycles. The van der Waals surface area contributed by atoms with Crippen LogP contribution in [-0.4, -0.2) is 21.8 Å². The maximum atomic E-state index is 13.5. The average molecular weight is 456 g/mol. The molecule has 0 aliphatic heterocycles. The van der Waals surface area contributed by atoms with E-state index < -0.39 is 19.9 Å². The Labute approximate surface area is 181 Å². The second-order valence-corrected chi connectivity index (χ2v) is 10.8. The number of aryl methyl sites for hydroxylation is 2. The Hall–Kier alpha value is -3.14. The summed E-state index contributed by atoms with van der Waals surface area (Å²) in [5, 5.41) is 0.459. The highest BCUT2D eigenvalue weighted by molar-refractivity contribution is 7.92. The molecule has 7 nitrogen and oxygen atoms in total. The Morgan fingerprint density at radius 1 is 0.742 bits per heavy atom. The Kier molecular flexibility index (Phi) is 5.34. The predicted octanol–water partition coefficient (Wildman–Crippen LogP) is 3.92. The monoisotopic (exact) mass is 455 g/mol. The van der Waals surface area contributed by atoms with Gasteiger partial charge in [-0.15, -0.1) is 4.83 Å². The second-order valence-electron chi connectivity index (χ2n) is 7.24. The first-order valence-electron chi connectivity index (χ1n) is 9.45. The summed E-state index contributed by atoms with van der Waals surface area (Å²) in [7, 11) is -7.87. The smallest absolute Gasteiger partial charge is 0.257 e. The summed E-state index contributed by atoms with van der Waals surface area (Å²) in [6.45, 7) is 3.60. The quantitative estimate of drug-likeness (QED) is 0.382. The minimum absolute atomic E-state index is 0.0272. The summed E-state index contributed by atoms with van der Waals surface area (Å²) in [4.78, 5) is 5.42. The lowest BCUT2D eigenvalue weighted by molar-refractivity contribution is 0.586. The highest BCUT2D eigenvalue weighted by Gasteiger charge is 2.27. The first kappa shape index (κ1) is 21.1. The molecule has 4 rings (SSSR count). The van der Waals surface area contributed by atoms with Crippen LogP contribution in [0, 0.1) is 13.8 Å². The molecular formula is C22H21N3O4S2. The van der Waals surface area contributed by atoms with Crippen LogP contribution in [0.2, 0.25) is 0 Å². The van der Waals surface area contributed by atoms with E-state index in [-0.39, 0.29) is 20.5 Å². The van der Waals surface area contributed by atoms with Gasteiger partial charge >= 0.3 is 0 Å². The fourth-order valence-electron chi connectivity index (χ4n) is 3.34. The van der Waals surface area contributed by atoms with Gasteiger partial charge in [0.05, 0.1) is 9.79 Å². The van der Waals surface area contributed by atoms with Crippen molar-refractivity contribution >= 4 is 36.6 Å². The van der Waals surface area contributed by atoms with Crippen LogP contribution < -0.4 is 10.3 Å². The molecule has 0 amide bonds.